The van der Waals surface area contributed by atoms with E-state index in [0.717, 1.165) is 0 Å². The number of nitrogens with one attached hydrogen (secondary N) is 2. The van der Waals surface area contributed by atoms with E-state index in [9.17, 15) is 9.18 Å². The highest BCUT2D eigenvalue weighted by Gasteiger charge is 2.03. The third-order valence-corrected chi connectivity index (χ3v) is 2.39. The maximum atomic E-state index is 13.3. The van der Waals surface area contributed by atoms with E-state index in [1.54, 1.807) is 19.2 Å². The summed E-state index contributed by atoms with van der Waals surface area (Å²) in [6, 6.07) is 4.84. The lowest BCUT2D eigenvalue weighted by Crippen LogP contribution is -2.31. The van der Waals surface area contributed by atoms with Gasteiger partial charge >= 0.3 is 0 Å². The Balaban J connectivity index is 2.47. The van der Waals surface area contributed by atoms with Crippen molar-refractivity contribution in [2.75, 3.05) is 13.6 Å². The van der Waals surface area contributed by atoms with E-state index in [0.29, 0.717) is 16.6 Å². The van der Waals surface area contributed by atoms with Gasteiger partial charge in [-0.05, 0) is 12.1 Å². The lowest BCUT2D eigenvalue weighted by molar-refractivity contribution is -0.119. The summed E-state index contributed by atoms with van der Waals surface area (Å²) in [6.07, 6.45) is 0. The molecule has 1 rings (SSSR count). The lowest BCUT2D eigenvalue weighted by Gasteiger charge is -2.05. The van der Waals surface area contributed by atoms with Crippen LogP contribution < -0.4 is 10.6 Å². The summed E-state index contributed by atoms with van der Waals surface area (Å²) in [6.45, 7) is 0.526. The Hall–Kier alpha value is -0.940. The molecule has 0 saturated heterocycles. The number of rotatable bonds is 4. The van der Waals surface area contributed by atoms with Crippen LogP contribution in [0.15, 0.2) is 22.7 Å². The van der Waals surface area contributed by atoms with Crippen LogP contribution >= 0.6 is 15.9 Å². The van der Waals surface area contributed by atoms with Crippen molar-refractivity contribution in [1.29, 1.82) is 0 Å². The molecule has 0 unspecified atom stereocenters. The fourth-order valence-corrected chi connectivity index (χ4v) is 1.40. The van der Waals surface area contributed by atoms with Crippen molar-refractivity contribution < 1.29 is 9.18 Å². The summed E-state index contributed by atoms with van der Waals surface area (Å²) >= 11 is 3.17. The summed E-state index contributed by atoms with van der Waals surface area (Å²) < 4.78 is 14.0. The van der Waals surface area contributed by atoms with Gasteiger partial charge in [0.2, 0.25) is 5.91 Å². The number of amides is 1. The Morgan fingerprint density at radius 2 is 2.27 bits per heavy atom. The first-order valence-corrected chi connectivity index (χ1v) is 5.28. The molecule has 0 atom stereocenters. The first-order valence-electron chi connectivity index (χ1n) is 4.48. The van der Waals surface area contributed by atoms with Crippen molar-refractivity contribution in [2.24, 2.45) is 0 Å². The van der Waals surface area contributed by atoms with Crippen LogP contribution in [-0.4, -0.2) is 19.5 Å². The number of hydrogen-bond donors (Lipinski definition) is 2. The van der Waals surface area contributed by atoms with E-state index >= 15 is 0 Å². The maximum Gasteiger partial charge on any atom is 0.233 e. The smallest absolute Gasteiger partial charge is 0.233 e. The minimum Gasteiger partial charge on any atom is -0.358 e. The second-order valence-electron chi connectivity index (χ2n) is 3.01. The van der Waals surface area contributed by atoms with Gasteiger partial charge in [0.1, 0.15) is 5.82 Å². The van der Waals surface area contributed by atoms with Crippen LogP contribution in [0.3, 0.4) is 0 Å². The Labute approximate surface area is 96.2 Å². The molecule has 1 amide bonds. The average molecular weight is 275 g/mol. The molecule has 15 heavy (non-hydrogen) atoms. The molecule has 1 aromatic rings. The first-order chi connectivity index (χ1) is 7.13. The third kappa shape index (κ3) is 3.97. The maximum absolute atomic E-state index is 13.3. The van der Waals surface area contributed by atoms with E-state index in [1.807, 2.05) is 0 Å². The molecule has 0 aliphatic carbocycles. The minimum atomic E-state index is -0.284. The molecule has 2 N–H and O–H groups in total. The van der Waals surface area contributed by atoms with Crippen LogP contribution in [0.2, 0.25) is 0 Å². The van der Waals surface area contributed by atoms with E-state index in [4.69, 9.17) is 0 Å². The van der Waals surface area contributed by atoms with Gasteiger partial charge in [0.25, 0.3) is 0 Å². The van der Waals surface area contributed by atoms with Crippen LogP contribution in [0.5, 0.6) is 0 Å². The standard InChI is InChI=1S/C10H12BrFN2O/c1-13-10(15)6-14-5-7-2-3-8(11)4-9(7)12/h2-4,14H,5-6H2,1H3,(H,13,15). The quantitative estimate of drug-likeness (QED) is 0.872. The van der Waals surface area contributed by atoms with Crippen molar-refractivity contribution in [1.82, 2.24) is 10.6 Å². The third-order valence-electron chi connectivity index (χ3n) is 1.89. The molecule has 3 nitrogen and oxygen atoms in total. The fraction of sp³-hybridized carbons (Fsp3) is 0.300. The summed E-state index contributed by atoms with van der Waals surface area (Å²) in [5, 5.41) is 5.32. The number of carbonyl (C=O) groups excluding carboxylic acids is 1. The normalized spacial score (nSPS) is 10.1. The first kappa shape index (κ1) is 12.1. The molecule has 1 aromatic carbocycles. The van der Waals surface area contributed by atoms with Gasteiger partial charge in [-0.15, -0.1) is 0 Å². The summed E-state index contributed by atoms with van der Waals surface area (Å²) in [4.78, 5) is 10.9. The van der Waals surface area contributed by atoms with Gasteiger partial charge in [-0.1, -0.05) is 22.0 Å². The van der Waals surface area contributed by atoms with Crippen molar-refractivity contribution in [3.8, 4) is 0 Å². The zero-order valence-corrected chi connectivity index (χ0v) is 9.90. The monoisotopic (exact) mass is 274 g/mol. The molecule has 0 bridgehead atoms. The van der Waals surface area contributed by atoms with Gasteiger partial charge in [-0.2, -0.15) is 0 Å². The van der Waals surface area contributed by atoms with Crippen LogP contribution in [0, 0.1) is 5.82 Å². The number of hydrogen-bond acceptors (Lipinski definition) is 2. The highest BCUT2D eigenvalue weighted by molar-refractivity contribution is 9.10. The van der Waals surface area contributed by atoms with Crippen LogP contribution in [0.1, 0.15) is 5.56 Å². The van der Waals surface area contributed by atoms with Gasteiger partial charge in [0.05, 0.1) is 6.54 Å². The zero-order valence-electron chi connectivity index (χ0n) is 8.31. The number of halogens is 2. The topological polar surface area (TPSA) is 41.1 Å². The number of benzene rings is 1. The van der Waals surface area contributed by atoms with E-state index in [2.05, 4.69) is 26.6 Å². The second-order valence-corrected chi connectivity index (χ2v) is 3.93. The van der Waals surface area contributed by atoms with Crippen molar-refractivity contribution >= 4 is 21.8 Å². The highest BCUT2D eigenvalue weighted by atomic mass is 79.9. The van der Waals surface area contributed by atoms with Crippen molar-refractivity contribution in [2.45, 2.75) is 6.54 Å². The predicted molar refractivity (Wildman–Crippen MR) is 59.9 cm³/mol. The molecule has 0 saturated carbocycles. The molecule has 0 aromatic heterocycles. The number of carbonyl (C=O) groups is 1. The van der Waals surface area contributed by atoms with Crippen LogP contribution in [0.25, 0.3) is 0 Å². The number of likely N-dealkylation sites (N-methyl/N-ethyl adjacent to an activating group) is 1. The van der Waals surface area contributed by atoms with Gasteiger partial charge in [0, 0.05) is 23.6 Å². The van der Waals surface area contributed by atoms with Gasteiger partial charge in [-0.25, -0.2) is 4.39 Å². The molecule has 0 radical (unpaired) electrons. The van der Waals surface area contributed by atoms with Gasteiger partial charge < -0.3 is 10.6 Å². The molecule has 82 valence electrons. The highest BCUT2D eigenvalue weighted by Crippen LogP contribution is 2.14. The Morgan fingerprint density at radius 1 is 1.53 bits per heavy atom. The molecule has 0 fully saturated rings. The molecule has 0 spiro atoms. The Kier molecular flexibility index (Phi) is 4.71. The Morgan fingerprint density at radius 3 is 2.87 bits per heavy atom. The van der Waals surface area contributed by atoms with E-state index in [-0.39, 0.29) is 18.3 Å². The fourth-order valence-electron chi connectivity index (χ4n) is 1.06. The second kappa shape index (κ2) is 5.82. The lowest BCUT2D eigenvalue weighted by atomic mass is 10.2. The van der Waals surface area contributed by atoms with Crippen LogP contribution in [0.4, 0.5) is 4.39 Å². The van der Waals surface area contributed by atoms with E-state index < -0.39 is 0 Å². The molecule has 5 heteroatoms. The molecular weight excluding hydrogens is 263 g/mol. The predicted octanol–water partition coefficient (Wildman–Crippen LogP) is 1.42. The zero-order chi connectivity index (χ0) is 11.3. The van der Waals surface area contributed by atoms with E-state index in [1.165, 1.54) is 6.07 Å². The Bertz CT molecular complexity index is 357. The van der Waals surface area contributed by atoms with Gasteiger partial charge in [0.15, 0.2) is 0 Å². The van der Waals surface area contributed by atoms with Crippen molar-refractivity contribution in [3.05, 3.63) is 34.1 Å². The van der Waals surface area contributed by atoms with Crippen molar-refractivity contribution in [3.63, 3.8) is 0 Å². The minimum absolute atomic E-state index is 0.118. The largest absolute Gasteiger partial charge is 0.358 e. The molecule has 0 aliphatic rings. The SMILES string of the molecule is CNC(=O)CNCc1ccc(Br)cc1F. The van der Waals surface area contributed by atoms with Crippen LogP contribution in [-0.2, 0) is 11.3 Å². The molecule has 0 heterocycles. The average Bonchev–Trinajstić information content (AvgIpc) is 2.21. The summed E-state index contributed by atoms with van der Waals surface area (Å²) in [5.74, 6) is -0.402. The molecule has 0 aliphatic heterocycles. The van der Waals surface area contributed by atoms with Gasteiger partial charge in [-0.3, -0.25) is 4.79 Å². The molecular formula is C10H12BrFN2O. The summed E-state index contributed by atoms with van der Waals surface area (Å²) in [5.41, 5.74) is 0.544. The summed E-state index contributed by atoms with van der Waals surface area (Å²) in [7, 11) is 1.56.